The van der Waals surface area contributed by atoms with Crippen molar-refractivity contribution in [3.05, 3.63) is 29.8 Å². The maximum Gasteiger partial charge on any atom is 0.233 e. The maximum absolute atomic E-state index is 11.9. The Kier molecular flexibility index (Phi) is 4.72. The first-order valence-corrected chi connectivity index (χ1v) is 6.77. The molecule has 1 aromatic carbocycles. The first-order valence-electron chi connectivity index (χ1n) is 6.77. The van der Waals surface area contributed by atoms with Crippen LogP contribution in [0.2, 0.25) is 0 Å². The van der Waals surface area contributed by atoms with Gasteiger partial charge in [-0.05, 0) is 43.5 Å². The number of rotatable bonds is 3. The van der Waals surface area contributed by atoms with Crippen LogP contribution in [-0.4, -0.2) is 29.8 Å². The largest absolute Gasteiger partial charge is 0.342 e. The molecule has 1 aromatic rings. The third kappa shape index (κ3) is 3.82. The van der Waals surface area contributed by atoms with E-state index in [1.807, 2.05) is 6.07 Å². The third-order valence-electron chi connectivity index (χ3n) is 3.32. The molecule has 5 nitrogen and oxygen atoms in total. The van der Waals surface area contributed by atoms with E-state index in [1.165, 1.54) is 0 Å². The fraction of sp³-hybridized carbons (Fsp3) is 0.400. The Hall–Kier alpha value is -2.35. The summed E-state index contributed by atoms with van der Waals surface area (Å²) < 4.78 is 0. The molecule has 1 heterocycles. The highest BCUT2D eigenvalue weighted by Gasteiger charge is 2.19. The molecule has 1 fully saturated rings. The fourth-order valence-electron chi connectivity index (χ4n) is 2.23. The second kappa shape index (κ2) is 6.71. The van der Waals surface area contributed by atoms with Crippen LogP contribution in [0.25, 0.3) is 0 Å². The molecule has 2 rings (SSSR count). The lowest BCUT2D eigenvalue weighted by molar-refractivity contribution is -0.135. The van der Waals surface area contributed by atoms with Crippen molar-refractivity contribution in [3.8, 4) is 6.07 Å². The number of nitriles is 1. The van der Waals surface area contributed by atoms with Crippen LogP contribution in [0, 0.1) is 11.3 Å². The van der Waals surface area contributed by atoms with Crippen LogP contribution in [0.15, 0.2) is 24.3 Å². The number of hydrogen-bond acceptors (Lipinski definition) is 3. The Morgan fingerprint density at radius 2 is 1.80 bits per heavy atom. The average Bonchev–Trinajstić information content (AvgIpc) is 2.49. The van der Waals surface area contributed by atoms with Gasteiger partial charge >= 0.3 is 0 Å². The molecule has 20 heavy (non-hydrogen) atoms. The number of likely N-dealkylation sites (tertiary alicyclic amines) is 1. The van der Waals surface area contributed by atoms with Gasteiger partial charge in [0, 0.05) is 18.8 Å². The molecule has 1 aliphatic rings. The monoisotopic (exact) mass is 271 g/mol. The van der Waals surface area contributed by atoms with Gasteiger partial charge in [0.15, 0.2) is 0 Å². The van der Waals surface area contributed by atoms with Gasteiger partial charge < -0.3 is 10.2 Å². The van der Waals surface area contributed by atoms with E-state index in [4.69, 9.17) is 5.26 Å². The molecular formula is C15H17N3O2. The predicted octanol–water partition coefficient (Wildman–Crippen LogP) is 1.90. The minimum atomic E-state index is -0.315. The van der Waals surface area contributed by atoms with Crippen LogP contribution in [0.1, 0.15) is 31.2 Å². The minimum absolute atomic E-state index is 0.115. The summed E-state index contributed by atoms with van der Waals surface area (Å²) in [6.45, 7) is 1.51. The molecule has 1 aliphatic heterocycles. The number of carbonyl (C=O) groups excluding carboxylic acids is 2. The van der Waals surface area contributed by atoms with Crippen LogP contribution in [-0.2, 0) is 9.59 Å². The average molecular weight is 271 g/mol. The van der Waals surface area contributed by atoms with Crippen LogP contribution in [0.5, 0.6) is 0 Å². The molecular weight excluding hydrogens is 254 g/mol. The number of amides is 2. The van der Waals surface area contributed by atoms with Gasteiger partial charge in [0.2, 0.25) is 11.8 Å². The topological polar surface area (TPSA) is 73.2 Å². The zero-order valence-electron chi connectivity index (χ0n) is 11.3. The van der Waals surface area contributed by atoms with Crippen LogP contribution in [0.4, 0.5) is 5.69 Å². The molecule has 0 aromatic heterocycles. The lowest BCUT2D eigenvalue weighted by atomic mass is 10.1. The van der Waals surface area contributed by atoms with Crippen molar-refractivity contribution in [1.29, 1.82) is 5.26 Å². The van der Waals surface area contributed by atoms with Crippen LogP contribution < -0.4 is 5.32 Å². The lowest BCUT2D eigenvalue weighted by Crippen LogP contribution is -2.37. The zero-order chi connectivity index (χ0) is 14.4. The summed E-state index contributed by atoms with van der Waals surface area (Å²) >= 11 is 0. The van der Waals surface area contributed by atoms with Gasteiger partial charge in [0.1, 0.15) is 6.42 Å². The normalized spacial score (nSPS) is 14.4. The fourth-order valence-corrected chi connectivity index (χ4v) is 2.23. The van der Waals surface area contributed by atoms with E-state index >= 15 is 0 Å². The van der Waals surface area contributed by atoms with Crippen molar-refractivity contribution in [2.75, 3.05) is 18.4 Å². The summed E-state index contributed by atoms with van der Waals surface area (Å²) in [6, 6.07) is 8.57. The van der Waals surface area contributed by atoms with Gasteiger partial charge in [0.25, 0.3) is 0 Å². The Morgan fingerprint density at radius 3 is 2.40 bits per heavy atom. The highest BCUT2D eigenvalue weighted by Crippen LogP contribution is 2.12. The van der Waals surface area contributed by atoms with Gasteiger partial charge in [0.05, 0.1) is 11.6 Å². The molecule has 104 valence electrons. The summed E-state index contributed by atoms with van der Waals surface area (Å²) in [5.41, 5.74) is 1.13. The van der Waals surface area contributed by atoms with E-state index in [2.05, 4.69) is 5.32 Å². The summed E-state index contributed by atoms with van der Waals surface area (Å²) in [6.07, 6.45) is 3.06. The zero-order valence-corrected chi connectivity index (χ0v) is 11.3. The molecule has 0 unspecified atom stereocenters. The van der Waals surface area contributed by atoms with Crippen LogP contribution >= 0.6 is 0 Å². The summed E-state index contributed by atoms with van der Waals surface area (Å²) in [5, 5.41) is 11.4. The number of hydrogen-bond donors (Lipinski definition) is 1. The number of carbonyl (C=O) groups is 2. The van der Waals surface area contributed by atoms with Crippen molar-refractivity contribution >= 4 is 17.5 Å². The van der Waals surface area contributed by atoms with E-state index in [9.17, 15) is 9.59 Å². The lowest BCUT2D eigenvalue weighted by Gasteiger charge is -2.26. The van der Waals surface area contributed by atoms with Crippen molar-refractivity contribution in [2.45, 2.75) is 25.7 Å². The van der Waals surface area contributed by atoms with Crippen molar-refractivity contribution in [3.63, 3.8) is 0 Å². The molecule has 0 bridgehead atoms. The Morgan fingerprint density at radius 1 is 1.15 bits per heavy atom. The standard InChI is InChI=1S/C15H17N3O2/c16-11-12-4-6-13(7-5-12)17-14(19)10-15(20)18-8-2-1-3-9-18/h4-7H,1-3,8-10H2,(H,17,19). The van der Waals surface area contributed by atoms with Crippen molar-refractivity contribution in [2.24, 2.45) is 0 Å². The minimum Gasteiger partial charge on any atom is -0.342 e. The van der Waals surface area contributed by atoms with Crippen LogP contribution in [0.3, 0.4) is 0 Å². The summed E-state index contributed by atoms with van der Waals surface area (Å²) in [7, 11) is 0. The van der Waals surface area contributed by atoms with E-state index in [0.29, 0.717) is 11.3 Å². The SMILES string of the molecule is N#Cc1ccc(NC(=O)CC(=O)N2CCCCC2)cc1. The van der Waals surface area contributed by atoms with Gasteiger partial charge in [-0.2, -0.15) is 5.26 Å². The van der Waals surface area contributed by atoms with E-state index in [1.54, 1.807) is 29.2 Å². The highest BCUT2D eigenvalue weighted by atomic mass is 16.2. The van der Waals surface area contributed by atoms with Crippen molar-refractivity contribution in [1.82, 2.24) is 4.90 Å². The molecule has 2 amide bonds. The highest BCUT2D eigenvalue weighted by molar-refractivity contribution is 6.03. The Labute approximate surface area is 118 Å². The maximum atomic E-state index is 11.9. The van der Waals surface area contributed by atoms with Gasteiger partial charge in [-0.15, -0.1) is 0 Å². The van der Waals surface area contributed by atoms with E-state index in [-0.39, 0.29) is 18.2 Å². The molecule has 0 spiro atoms. The quantitative estimate of drug-likeness (QED) is 0.853. The molecule has 1 saturated heterocycles. The summed E-state index contributed by atoms with van der Waals surface area (Å²) in [4.78, 5) is 25.5. The van der Waals surface area contributed by atoms with Gasteiger partial charge in [-0.25, -0.2) is 0 Å². The number of nitrogens with one attached hydrogen (secondary N) is 1. The van der Waals surface area contributed by atoms with Gasteiger partial charge in [-0.1, -0.05) is 0 Å². The number of benzene rings is 1. The van der Waals surface area contributed by atoms with Gasteiger partial charge in [-0.3, -0.25) is 9.59 Å². The number of anilines is 1. The molecule has 0 atom stereocenters. The second-order valence-electron chi connectivity index (χ2n) is 4.86. The Balaban J connectivity index is 1.85. The molecule has 0 saturated carbocycles. The smallest absolute Gasteiger partial charge is 0.233 e. The van der Waals surface area contributed by atoms with E-state index < -0.39 is 0 Å². The third-order valence-corrected chi connectivity index (χ3v) is 3.32. The van der Waals surface area contributed by atoms with E-state index in [0.717, 1.165) is 32.4 Å². The number of nitrogens with zero attached hydrogens (tertiary/aromatic N) is 2. The summed E-state index contributed by atoms with van der Waals surface area (Å²) in [5.74, 6) is -0.430. The first-order chi connectivity index (χ1) is 9.69. The number of piperidine rings is 1. The second-order valence-corrected chi connectivity index (χ2v) is 4.86. The predicted molar refractivity (Wildman–Crippen MR) is 74.8 cm³/mol. The molecule has 1 N–H and O–H groups in total. The Bertz CT molecular complexity index is 525. The molecule has 0 radical (unpaired) electrons. The molecule has 5 heteroatoms. The molecule has 0 aliphatic carbocycles. The first kappa shape index (κ1) is 14.1. The van der Waals surface area contributed by atoms with Crippen molar-refractivity contribution < 1.29 is 9.59 Å².